The van der Waals surface area contributed by atoms with Gasteiger partial charge in [-0.3, -0.25) is 4.79 Å². The van der Waals surface area contributed by atoms with Crippen molar-refractivity contribution in [3.63, 3.8) is 0 Å². The topological polar surface area (TPSA) is 88.2 Å². The van der Waals surface area contributed by atoms with Crippen molar-refractivity contribution in [1.29, 1.82) is 0 Å². The van der Waals surface area contributed by atoms with E-state index >= 15 is 0 Å². The van der Waals surface area contributed by atoms with Crippen LogP contribution in [0.5, 0.6) is 5.75 Å². The molecule has 1 aromatic carbocycles. The lowest BCUT2D eigenvalue weighted by atomic mass is 9.85. The number of hydrogen-bond donors (Lipinski definition) is 3. The van der Waals surface area contributed by atoms with Crippen molar-refractivity contribution in [2.75, 3.05) is 26.0 Å². The summed E-state index contributed by atoms with van der Waals surface area (Å²) in [5.74, 6) is 1.61. The minimum Gasteiger partial charge on any atom is -0.494 e. The molecule has 0 saturated heterocycles. The van der Waals surface area contributed by atoms with Gasteiger partial charge in [-0.15, -0.1) is 0 Å². The molecule has 0 spiro atoms. The highest BCUT2D eigenvalue weighted by atomic mass is 16.5. The monoisotopic (exact) mass is 397 g/mol. The Bertz CT molecular complexity index is 801. The number of nitrogens with zero attached hydrogens (tertiary/aromatic N) is 2. The number of benzene rings is 1. The molecular formula is C22H31N5O2. The minimum absolute atomic E-state index is 0.0980. The van der Waals surface area contributed by atoms with Crippen LogP contribution in [-0.4, -0.2) is 42.6 Å². The van der Waals surface area contributed by atoms with Gasteiger partial charge < -0.3 is 20.7 Å². The van der Waals surface area contributed by atoms with Crippen LogP contribution in [0.15, 0.2) is 30.6 Å². The van der Waals surface area contributed by atoms with E-state index in [1.54, 1.807) is 19.4 Å². The third kappa shape index (κ3) is 5.44. The molecule has 2 aromatic rings. The smallest absolute Gasteiger partial charge is 0.223 e. The highest BCUT2D eigenvalue weighted by molar-refractivity contribution is 5.79. The summed E-state index contributed by atoms with van der Waals surface area (Å²) < 4.78 is 5.77. The number of carbonyl (C=O) groups is 1. The lowest BCUT2D eigenvalue weighted by molar-refractivity contribution is -0.126. The van der Waals surface area contributed by atoms with E-state index in [0.717, 1.165) is 48.1 Å². The molecular weight excluding hydrogens is 366 g/mol. The standard InChI is InChI=1S/C22H31N5O2/c1-4-29-20-10-7-16(18-13-26-22(24-3)27-14-18)11-17(20)12-25-21(28)15-5-8-19(23-2)9-6-15/h7,10-11,13-15,19,23H,4-6,8-9,12H2,1-3H3,(H,25,28)(H,24,26,27). The molecule has 1 heterocycles. The van der Waals surface area contributed by atoms with Crippen LogP contribution >= 0.6 is 0 Å². The maximum absolute atomic E-state index is 12.7. The van der Waals surface area contributed by atoms with Crippen LogP contribution in [0.1, 0.15) is 38.2 Å². The van der Waals surface area contributed by atoms with Gasteiger partial charge in [0, 0.05) is 49.1 Å². The first-order valence-corrected chi connectivity index (χ1v) is 10.4. The SMILES string of the molecule is CCOc1ccc(-c2cnc(NC)nc2)cc1CNC(=O)C1CCC(NC)CC1. The van der Waals surface area contributed by atoms with E-state index in [0.29, 0.717) is 25.1 Å². The maximum atomic E-state index is 12.7. The Morgan fingerprint density at radius 2 is 1.83 bits per heavy atom. The van der Waals surface area contributed by atoms with E-state index in [4.69, 9.17) is 4.74 Å². The van der Waals surface area contributed by atoms with Crippen LogP contribution in [-0.2, 0) is 11.3 Å². The average molecular weight is 398 g/mol. The summed E-state index contributed by atoms with van der Waals surface area (Å²) in [7, 11) is 3.78. The second kappa shape index (κ2) is 10.2. The van der Waals surface area contributed by atoms with Crippen molar-refractivity contribution in [2.24, 2.45) is 5.92 Å². The first-order valence-electron chi connectivity index (χ1n) is 10.4. The molecule has 1 aliphatic carbocycles. The van der Waals surface area contributed by atoms with Crippen molar-refractivity contribution in [3.8, 4) is 16.9 Å². The molecule has 0 atom stereocenters. The second-order valence-corrected chi connectivity index (χ2v) is 7.36. The number of rotatable bonds is 8. The van der Waals surface area contributed by atoms with E-state index in [9.17, 15) is 4.79 Å². The van der Waals surface area contributed by atoms with Gasteiger partial charge in [-0.25, -0.2) is 9.97 Å². The second-order valence-electron chi connectivity index (χ2n) is 7.36. The van der Waals surface area contributed by atoms with Gasteiger partial charge in [-0.2, -0.15) is 0 Å². The fourth-order valence-electron chi connectivity index (χ4n) is 3.77. The zero-order valence-electron chi connectivity index (χ0n) is 17.5. The summed E-state index contributed by atoms with van der Waals surface area (Å²) in [6.45, 7) is 2.98. The summed E-state index contributed by atoms with van der Waals surface area (Å²) in [5.41, 5.74) is 2.87. The summed E-state index contributed by atoms with van der Waals surface area (Å²) in [4.78, 5) is 21.2. The van der Waals surface area contributed by atoms with E-state index < -0.39 is 0 Å². The van der Waals surface area contributed by atoms with Gasteiger partial charge in [0.2, 0.25) is 11.9 Å². The molecule has 1 fully saturated rings. The largest absolute Gasteiger partial charge is 0.494 e. The molecule has 1 aromatic heterocycles. The van der Waals surface area contributed by atoms with E-state index in [2.05, 4.69) is 25.9 Å². The number of hydrogen-bond acceptors (Lipinski definition) is 6. The first-order chi connectivity index (χ1) is 14.1. The summed E-state index contributed by atoms with van der Waals surface area (Å²) in [5, 5.41) is 9.35. The fourth-order valence-corrected chi connectivity index (χ4v) is 3.77. The highest BCUT2D eigenvalue weighted by Crippen LogP contribution is 2.28. The molecule has 1 aliphatic rings. The number of aromatic nitrogens is 2. The minimum atomic E-state index is 0.0980. The van der Waals surface area contributed by atoms with Crippen molar-refractivity contribution in [3.05, 3.63) is 36.2 Å². The number of amides is 1. The zero-order valence-corrected chi connectivity index (χ0v) is 17.5. The highest BCUT2D eigenvalue weighted by Gasteiger charge is 2.25. The van der Waals surface area contributed by atoms with Gasteiger partial charge in [0.1, 0.15) is 5.75 Å². The van der Waals surface area contributed by atoms with Gasteiger partial charge in [0.15, 0.2) is 0 Å². The van der Waals surface area contributed by atoms with Crippen LogP contribution in [0.2, 0.25) is 0 Å². The van der Waals surface area contributed by atoms with Gasteiger partial charge in [-0.1, -0.05) is 6.07 Å². The van der Waals surface area contributed by atoms with Crippen LogP contribution in [0.4, 0.5) is 5.95 Å². The quantitative estimate of drug-likeness (QED) is 0.635. The first kappa shape index (κ1) is 21.0. The normalized spacial score (nSPS) is 18.9. The Kier molecular flexibility index (Phi) is 7.41. The zero-order chi connectivity index (χ0) is 20.6. The van der Waals surface area contributed by atoms with E-state index in [1.807, 2.05) is 32.2 Å². The molecule has 156 valence electrons. The fraction of sp³-hybridized carbons (Fsp3) is 0.500. The maximum Gasteiger partial charge on any atom is 0.223 e. The molecule has 0 unspecified atom stereocenters. The van der Waals surface area contributed by atoms with Gasteiger partial charge in [0.05, 0.1) is 6.61 Å². The Labute approximate surface area is 172 Å². The molecule has 7 heteroatoms. The average Bonchev–Trinajstić information content (AvgIpc) is 2.78. The van der Waals surface area contributed by atoms with Gasteiger partial charge in [-0.05, 0) is 57.4 Å². The Morgan fingerprint density at radius 3 is 2.45 bits per heavy atom. The van der Waals surface area contributed by atoms with Crippen LogP contribution in [0.25, 0.3) is 11.1 Å². The van der Waals surface area contributed by atoms with E-state index in [-0.39, 0.29) is 11.8 Å². The molecule has 3 rings (SSSR count). The molecule has 0 bridgehead atoms. The number of ether oxygens (including phenoxy) is 1. The van der Waals surface area contributed by atoms with Crippen molar-refractivity contribution >= 4 is 11.9 Å². The molecule has 3 N–H and O–H groups in total. The Balaban J connectivity index is 1.70. The number of anilines is 1. The molecule has 0 aliphatic heterocycles. The third-order valence-corrected chi connectivity index (χ3v) is 5.53. The van der Waals surface area contributed by atoms with Gasteiger partial charge >= 0.3 is 0 Å². The molecule has 0 radical (unpaired) electrons. The predicted molar refractivity (Wildman–Crippen MR) is 115 cm³/mol. The van der Waals surface area contributed by atoms with Crippen LogP contribution in [0.3, 0.4) is 0 Å². The lowest BCUT2D eigenvalue weighted by Crippen LogP contribution is -2.37. The Morgan fingerprint density at radius 1 is 1.10 bits per heavy atom. The molecule has 7 nitrogen and oxygen atoms in total. The van der Waals surface area contributed by atoms with Gasteiger partial charge in [0.25, 0.3) is 0 Å². The lowest BCUT2D eigenvalue weighted by Gasteiger charge is -2.27. The van der Waals surface area contributed by atoms with Crippen LogP contribution in [0, 0.1) is 5.92 Å². The van der Waals surface area contributed by atoms with E-state index in [1.165, 1.54) is 0 Å². The predicted octanol–water partition coefficient (Wildman–Crippen LogP) is 2.98. The third-order valence-electron chi connectivity index (χ3n) is 5.53. The summed E-state index contributed by atoms with van der Waals surface area (Å²) in [6, 6.07) is 6.52. The molecule has 1 saturated carbocycles. The van der Waals surface area contributed by atoms with Crippen LogP contribution < -0.4 is 20.7 Å². The van der Waals surface area contributed by atoms with Crippen molar-refractivity contribution in [2.45, 2.75) is 45.2 Å². The van der Waals surface area contributed by atoms with Crippen molar-refractivity contribution < 1.29 is 9.53 Å². The number of carbonyl (C=O) groups excluding carboxylic acids is 1. The summed E-state index contributed by atoms with van der Waals surface area (Å²) in [6.07, 6.45) is 7.55. The number of nitrogens with one attached hydrogen (secondary N) is 3. The molecule has 29 heavy (non-hydrogen) atoms. The Hall–Kier alpha value is -2.67. The molecule has 1 amide bonds. The van der Waals surface area contributed by atoms with Crippen molar-refractivity contribution in [1.82, 2.24) is 20.6 Å². The summed E-state index contributed by atoms with van der Waals surface area (Å²) >= 11 is 0.